The average Bonchev–Trinajstić information content (AvgIpc) is 3.10. The average molecular weight is 385 g/mol. The lowest BCUT2D eigenvalue weighted by molar-refractivity contribution is 0.594. The van der Waals surface area contributed by atoms with E-state index in [0.717, 1.165) is 11.9 Å². The Kier molecular flexibility index (Phi) is 6.13. The van der Waals surface area contributed by atoms with E-state index in [1.165, 1.54) is 10.9 Å². The molecule has 0 aliphatic heterocycles. The van der Waals surface area contributed by atoms with Crippen molar-refractivity contribution in [2.24, 2.45) is 4.99 Å². The maximum Gasteiger partial charge on any atom is 0.191 e. The Bertz CT molecular complexity index is 1010. The third-order valence-corrected chi connectivity index (χ3v) is 6.08. The molecule has 27 heavy (non-hydrogen) atoms. The molecular weight excluding hydrogens is 360 g/mol. The number of rotatable bonds is 7. The molecule has 3 N–H and O–H groups in total. The number of benzene rings is 2. The number of hydrogen-bond acceptors (Lipinski definition) is 3. The lowest BCUT2D eigenvalue weighted by atomic mass is 10.1. The fourth-order valence-corrected chi connectivity index (χ4v) is 4.10. The van der Waals surface area contributed by atoms with Crippen LogP contribution in [0.2, 0.25) is 0 Å². The highest BCUT2D eigenvalue weighted by molar-refractivity contribution is 7.91. The molecule has 0 amide bonds. The molecule has 0 unspecified atom stereocenters. The summed E-state index contributed by atoms with van der Waals surface area (Å²) >= 11 is 0. The SMILES string of the molecule is CN=C(NCCc1c[nH]c2ccccc12)NCCS(=O)(=O)c1ccccc1. The van der Waals surface area contributed by atoms with Crippen LogP contribution in [-0.4, -0.2) is 45.3 Å². The molecule has 3 aromatic rings. The zero-order chi connectivity index (χ0) is 19.1. The van der Waals surface area contributed by atoms with E-state index < -0.39 is 9.84 Å². The maximum atomic E-state index is 12.3. The molecule has 3 rings (SSSR count). The minimum absolute atomic E-state index is 0.0140. The fourth-order valence-electron chi connectivity index (χ4n) is 2.92. The molecule has 0 saturated carbocycles. The Morgan fingerprint density at radius 1 is 1.00 bits per heavy atom. The van der Waals surface area contributed by atoms with Gasteiger partial charge in [0.1, 0.15) is 0 Å². The molecule has 1 aromatic heterocycles. The van der Waals surface area contributed by atoms with Crippen LogP contribution < -0.4 is 10.6 Å². The van der Waals surface area contributed by atoms with Crippen LogP contribution in [0.1, 0.15) is 5.56 Å². The first kappa shape index (κ1) is 19.0. The fraction of sp³-hybridized carbons (Fsp3) is 0.250. The Hall–Kier alpha value is -2.80. The molecule has 142 valence electrons. The van der Waals surface area contributed by atoms with Gasteiger partial charge in [-0.05, 0) is 30.2 Å². The molecule has 0 bridgehead atoms. The standard InChI is InChI=1S/C20H24N4O2S/c1-21-20(23-13-14-27(25,26)17-7-3-2-4-8-17)22-12-11-16-15-24-19-10-6-5-9-18(16)19/h2-10,15,24H,11-14H2,1H3,(H2,21,22,23). The van der Waals surface area contributed by atoms with Crippen molar-refractivity contribution in [3.8, 4) is 0 Å². The van der Waals surface area contributed by atoms with Crippen LogP contribution in [0.15, 0.2) is 70.7 Å². The monoisotopic (exact) mass is 384 g/mol. The number of para-hydroxylation sites is 1. The molecule has 0 atom stereocenters. The predicted molar refractivity (Wildman–Crippen MR) is 110 cm³/mol. The molecule has 0 radical (unpaired) electrons. The third kappa shape index (κ3) is 4.89. The van der Waals surface area contributed by atoms with Crippen molar-refractivity contribution in [3.63, 3.8) is 0 Å². The second-order valence-electron chi connectivity index (χ2n) is 6.17. The van der Waals surface area contributed by atoms with Gasteiger partial charge in [0.2, 0.25) is 0 Å². The van der Waals surface area contributed by atoms with Gasteiger partial charge in [0, 0.05) is 37.2 Å². The number of aromatic nitrogens is 1. The molecule has 0 spiro atoms. The van der Waals surface area contributed by atoms with E-state index in [0.29, 0.717) is 23.9 Å². The minimum Gasteiger partial charge on any atom is -0.361 e. The summed E-state index contributed by atoms with van der Waals surface area (Å²) in [5.74, 6) is 0.610. The first-order valence-corrected chi connectivity index (χ1v) is 10.5. The predicted octanol–water partition coefficient (Wildman–Crippen LogP) is 2.35. The summed E-state index contributed by atoms with van der Waals surface area (Å²) in [6.07, 6.45) is 2.86. The maximum absolute atomic E-state index is 12.3. The lowest BCUT2D eigenvalue weighted by Crippen LogP contribution is -2.40. The largest absolute Gasteiger partial charge is 0.361 e. The minimum atomic E-state index is -3.29. The van der Waals surface area contributed by atoms with E-state index in [1.54, 1.807) is 37.4 Å². The van der Waals surface area contributed by atoms with Crippen molar-refractivity contribution in [2.75, 3.05) is 25.9 Å². The van der Waals surface area contributed by atoms with Crippen molar-refractivity contribution in [3.05, 3.63) is 66.4 Å². The summed E-state index contributed by atoms with van der Waals surface area (Å²) in [5.41, 5.74) is 2.36. The van der Waals surface area contributed by atoms with Crippen LogP contribution in [0.5, 0.6) is 0 Å². The van der Waals surface area contributed by atoms with E-state index in [-0.39, 0.29) is 5.75 Å². The molecule has 0 aliphatic rings. The Balaban J connectivity index is 1.47. The van der Waals surface area contributed by atoms with E-state index in [4.69, 9.17) is 0 Å². The summed E-state index contributed by atoms with van der Waals surface area (Å²) in [6.45, 7) is 0.997. The molecular formula is C20H24N4O2S. The van der Waals surface area contributed by atoms with Gasteiger partial charge in [0.05, 0.1) is 10.6 Å². The van der Waals surface area contributed by atoms with Crippen molar-refractivity contribution in [2.45, 2.75) is 11.3 Å². The zero-order valence-electron chi connectivity index (χ0n) is 15.3. The first-order valence-electron chi connectivity index (χ1n) is 8.87. The van der Waals surface area contributed by atoms with Gasteiger partial charge < -0.3 is 15.6 Å². The number of guanidine groups is 1. The summed E-state index contributed by atoms with van der Waals surface area (Å²) in [7, 11) is -1.62. The van der Waals surface area contributed by atoms with Crippen molar-refractivity contribution < 1.29 is 8.42 Å². The summed E-state index contributed by atoms with van der Waals surface area (Å²) in [4.78, 5) is 7.76. The van der Waals surface area contributed by atoms with Crippen LogP contribution in [0.4, 0.5) is 0 Å². The van der Waals surface area contributed by atoms with Gasteiger partial charge in [-0.3, -0.25) is 4.99 Å². The number of aliphatic imine (C=N–C) groups is 1. The zero-order valence-corrected chi connectivity index (χ0v) is 16.1. The van der Waals surface area contributed by atoms with Crippen LogP contribution in [0.3, 0.4) is 0 Å². The summed E-state index contributed by atoms with van der Waals surface area (Å²) in [6, 6.07) is 16.7. The Labute approximate surface area is 159 Å². The number of aromatic amines is 1. The number of fused-ring (bicyclic) bond motifs is 1. The quantitative estimate of drug-likeness (QED) is 0.431. The van der Waals surface area contributed by atoms with E-state index in [1.807, 2.05) is 18.3 Å². The van der Waals surface area contributed by atoms with Crippen molar-refractivity contribution in [1.29, 1.82) is 0 Å². The molecule has 7 heteroatoms. The molecule has 6 nitrogen and oxygen atoms in total. The number of H-pyrrole nitrogens is 1. The molecule has 2 aromatic carbocycles. The molecule has 0 saturated heterocycles. The topological polar surface area (TPSA) is 86.3 Å². The normalized spacial score (nSPS) is 12.3. The number of sulfone groups is 1. The van der Waals surface area contributed by atoms with E-state index in [9.17, 15) is 8.42 Å². The lowest BCUT2D eigenvalue weighted by Gasteiger charge is -2.12. The molecule has 0 aliphatic carbocycles. The van der Waals surface area contributed by atoms with Gasteiger partial charge in [0.25, 0.3) is 0 Å². The summed E-state index contributed by atoms with van der Waals surface area (Å²) < 4.78 is 24.6. The van der Waals surface area contributed by atoms with Gasteiger partial charge in [-0.1, -0.05) is 36.4 Å². The number of hydrogen-bond donors (Lipinski definition) is 3. The smallest absolute Gasteiger partial charge is 0.191 e. The van der Waals surface area contributed by atoms with Gasteiger partial charge in [-0.25, -0.2) is 8.42 Å². The van der Waals surface area contributed by atoms with Crippen LogP contribution in [0, 0.1) is 0 Å². The highest BCUT2D eigenvalue weighted by Gasteiger charge is 2.13. The van der Waals surface area contributed by atoms with Crippen LogP contribution in [0.25, 0.3) is 10.9 Å². The van der Waals surface area contributed by atoms with Crippen molar-refractivity contribution in [1.82, 2.24) is 15.6 Å². The van der Waals surface area contributed by atoms with Gasteiger partial charge >= 0.3 is 0 Å². The Morgan fingerprint density at radius 2 is 1.70 bits per heavy atom. The van der Waals surface area contributed by atoms with Gasteiger partial charge in [-0.15, -0.1) is 0 Å². The van der Waals surface area contributed by atoms with E-state index >= 15 is 0 Å². The summed E-state index contributed by atoms with van der Waals surface area (Å²) in [5, 5.41) is 7.51. The van der Waals surface area contributed by atoms with Crippen molar-refractivity contribution >= 4 is 26.7 Å². The highest BCUT2D eigenvalue weighted by Crippen LogP contribution is 2.17. The molecule has 1 heterocycles. The molecule has 0 fully saturated rings. The highest BCUT2D eigenvalue weighted by atomic mass is 32.2. The van der Waals surface area contributed by atoms with E-state index in [2.05, 4.69) is 32.7 Å². The second-order valence-corrected chi connectivity index (χ2v) is 8.28. The van der Waals surface area contributed by atoms with Crippen LogP contribution in [-0.2, 0) is 16.3 Å². The number of nitrogens with one attached hydrogen (secondary N) is 3. The Morgan fingerprint density at radius 3 is 2.48 bits per heavy atom. The van der Waals surface area contributed by atoms with Gasteiger partial charge in [-0.2, -0.15) is 0 Å². The van der Waals surface area contributed by atoms with Gasteiger partial charge in [0.15, 0.2) is 15.8 Å². The third-order valence-electron chi connectivity index (χ3n) is 4.35. The number of nitrogens with zero attached hydrogens (tertiary/aromatic N) is 1. The first-order chi connectivity index (χ1) is 13.1. The van der Waals surface area contributed by atoms with Crippen LogP contribution >= 0.6 is 0 Å². The second kappa shape index (κ2) is 8.73.